The molecule has 0 fully saturated rings. The van der Waals surface area contributed by atoms with Gasteiger partial charge in [0.25, 0.3) is 5.43 Å². The molecule has 0 aliphatic heterocycles. The van der Waals surface area contributed by atoms with Crippen molar-refractivity contribution < 1.29 is 4.74 Å². The number of thioether (sulfide) groups is 1. The lowest BCUT2D eigenvalue weighted by Gasteiger charge is -2.18. The second-order valence-corrected chi connectivity index (χ2v) is 6.49. The number of anilines is 1. The maximum absolute atomic E-state index is 11.9. The summed E-state index contributed by atoms with van der Waals surface area (Å²) in [5, 5.41) is 3.01. The van der Waals surface area contributed by atoms with E-state index in [0.29, 0.717) is 12.2 Å². The molecule has 2 aromatic carbocycles. The van der Waals surface area contributed by atoms with Crippen LogP contribution >= 0.6 is 11.8 Å². The van der Waals surface area contributed by atoms with Crippen molar-refractivity contribution in [3.8, 4) is 5.75 Å². The molecule has 0 saturated heterocycles. The molecule has 0 radical (unpaired) electrons. The summed E-state index contributed by atoms with van der Waals surface area (Å²) in [6, 6.07) is 7.89. The van der Waals surface area contributed by atoms with Crippen molar-refractivity contribution in [3.05, 3.63) is 50.3 Å². The third-order valence-electron chi connectivity index (χ3n) is 3.51. The zero-order valence-corrected chi connectivity index (χ0v) is 14.0. The summed E-state index contributed by atoms with van der Waals surface area (Å²) < 4.78 is 5.51. The third kappa shape index (κ3) is 3.35. The summed E-state index contributed by atoms with van der Waals surface area (Å²) in [5.41, 5.74) is 0.623. The topological polar surface area (TPSA) is 55.4 Å². The van der Waals surface area contributed by atoms with Crippen molar-refractivity contribution in [1.29, 1.82) is 0 Å². The molecule has 0 spiro atoms. The van der Waals surface area contributed by atoms with Gasteiger partial charge < -0.3 is 10.1 Å². The van der Waals surface area contributed by atoms with Crippen LogP contribution in [0.5, 0.6) is 5.75 Å². The fraction of sp³-hybridized carbons (Fsp3) is 0.412. The molecule has 2 rings (SSSR count). The van der Waals surface area contributed by atoms with Gasteiger partial charge >= 0.3 is 0 Å². The van der Waals surface area contributed by atoms with Gasteiger partial charge in [-0.05, 0) is 25.5 Å². The van der Waals surface area contributed by atoms with Crippen LogP contribution in [0.4, 0.5) is 5.69 Å². The van der Waals surface area contributed by atoms with Gasteiger partial charge in [-0.3, -0.25) is 9.59 Å². The van der Waals surface area contributed by atoms with E-state index in [4.69, 9.17) is 4.74 Å². The predicted molar refractivity (Wildman–Crippen MR) is 92.0 cm³/mol. The Labute approximate surface area is 134 Å². The minimum Gasteiger partial charge on any atom is -0.489 e. The minimum absolute atomic E-state index is 0.115. The van der Waals surface area contributed by atoms with Crippen molar-refractivity contribution in [2.45, 2.75) is 36.8 Å². The summed E-state index contributed by atoms with van der Waals surface area (Å²) in [5.74, 6) is 0.264. The molecule has 1 atom stereocenters. The molecule has 2 aromatic rings. The molecule has 0 aliphatic carbocycles. The van der Waals surface area contributed by atoms with Crippen LogP contribution in [0.15, 0.2) is 38.8 Å². The van der Waals surface area contributed by atoms with Gasteiger partial charge in [0.05, 0.1) is 12.2 Å². The number of hydrogen-bond acceptors (Lipinski definition) is 5. The molecule has 0 bridgehead atoms. The van der Waals surface area contributed by atoms with Gasteiger partial charge in [0, 0.05) is 22.9 Å². The van der Waals surface area contributed by atoms with Crippen LogP contribution in [-0.4, -0.2) is 13.7 Å². The monoisotopic (exact) mass is 319 g/mol. The molecule has 1 N–H and O–H groups in total. The standard InChI is InChI=1S/C17H21NO3S/c1-4-5-10-21-17-14(15(19)16(17)20)11(2)22-13-9-7-6-8-12(13)18-3/h6-9,11,18H,4-5,10H2,1-3H3. The Kier molecular flexibility index (Phi) is 5.66. The number of benzene rings is 1. The first-order valence-electron chi connectivity index (χ1n) is 7.49. The number of rotatable bonds is 8. The van der Waals surface area contributed by atoms with Crippen LogP contribution in [0.25, 0.3) is 0 Å². The van der Waals surface area contributed by atoms with Crippen LogP contribution < -0.4 is 20.9 Å². The number of unbranched alkanes of at least 4 members (excludes halogenated alkanes) is 1. The van der Waals surface area contributed by atoms with E-state index in [0.717, 1.165) is 23.4 Å². The van der Waals surface area contributed by atoms with Gasteiger partial charge in [0.1, 0.15) is 0 Å². The van der Waals surface area contributed by atoms with Gasteiger partial charge in [-0.1, -0.05) is 25.5 Å². The molecule has 4 nitrogen and oxygen atoms in total. The lowest BCUT2D eigenvalue weighted by Crippen LogP contribution is -2.37. The average molecular weight is 319 g/mol. The number of para-hydroxylation sites is 1. The number of ether oxygens (including phenoxy) is 1. The molecule has 5 heteroatoms. The fourth-order valence-corrected chi connectivity index (χ4v) is 3.41. The largest absolute Gasteiger partial charge is 0.489 e. The average Bonchev–Trinajstić information content (AvgIpc) is 2.54. The molecular formula is C17H21NO3S. The second-order valence-electron chi connectivity index (χ2n) is 5.11. The van der Waals surface area contributed by atoms with Crippen LogP contribution in [0, 0.1) is 0 Å². The van der Waals surface area contributed by atoms with E-state index in [1.165, 1.54) is 0 Å². The van der Waals surface area contributed by atoms with E-state index in [-0.39, 0.29) is 11.0 Å². The molecule has 0 amide bonds. The maximum Gasteiger partial charge on any atom is 0.268 e. The van der Waals surface area contributed by atoms with Crippen LogP contribution in [0.1, 0.15) is 37.5 Å². The zero-order valence-electron chi connectivity index (χ0n) is 13.1. The predicted octanol–water partition coefficient (Wildman–Crippen LogP) is 3.36. The van der Waals surface area contributed by atoms with Crippen LogP contribution in [0.3, 0.4) is 0 Å². The van der Waals surface area contributed by atoms with E-state index in [1.807, 2.05) is 38.2 Å². The molecule has 118 valence electrons. The summed E-state index contributed by atoms with van der Waals surface area (Å²) >= 11 is 1.55. The highest BCUT2D eigenvalue weighted by atomic mass is 32.2. The quantitative estimate of drug-likeness (QED) is 0.459. The highest BCUT2D eigenvalue weighted by Gasteiger charge is 2.27. The molecule has 22 heavy (non-hydrogen) atoms. The maximum atomic E-state index is 11.9. The molecule has 0 heterocycles. The van der Waals surface area contributed by atoms with E-state index >= 15 is 0 Å². The Bertz CT molecular complexity index is 704. The minimum atomic E-state index is -0.486. The van der Waals surface area contributed by atoms with E-state index in [9.17, 15) is 9.59 Å². The van der Waals surface area contributed by atoms with Crippen molar-refractivity contribution >= 4 is 17.4 Å². The fourth-order valence-electron chi connectivity index (χ4n) is 2.24. The lowest BCUT2D eigenvalue weighted by molar-refractivity contribution is 0.299. The SMILES string of the molecule is CCCCOc1c(C(C)Sc2ccccc2NC)c(=O)c1=O. The van der Waals surface area contributed by atoms with Crippen molar-refractivity contribution in [2.75, 3.05) is 19.0 Å². The molecule has 1 unspecified atom stereocenters. The molecule has 0 aliphatic rings. The van der Waals surface area contributed by atoms with Gasteiger partial charge in [0.15, 0.2) is 5.75 Å². The molecule has 0 aromatic heterocycles. The van der Waals surface area contributed by atoms with Gasteiger partial charge in [-0.2, -0.15) is 0 Å². The second kappa shape index (κ2) is 7.49. The summed E-state index contributed by atoms with van der Waals surface area (Å²) in [6.45, 7) is 4.47. The smallest absolute Gasteiger partial charge is 0.268 e. The normalized spacial score (nSPS) is 12.3. The number of hydrogen-bond donors (Lipinski definition) is 1. The van der Waals surface area contributed by atoms with Gasteiger partial charge in [-0.25, -0.2) is 0 Å². The van der Waals surface area contributed by atoms with Crippen molar-refractivity contribution in [1.82, 2.24) is 0 Å². The first-order chi connectivity index (χ1) is 10.6. The van der Waals surface area contributed by atoms with E-state index in [1.54, 1.807) is 11.8 Å². The van der Waals surface area contributed by atoms with Gasteiger partial charge in [-0.15, -0.1) is 11.8 Å². The van der Waals surface area contributed by atoms with Crippen molar-refractivity contribution in [2.24, 2.45) is 0 Å². The first-order valence-corrected chi connectivity index (χ1v) is 8.37. The van der Waals surface area contributed by atoms with E-state index < -0.39 is 10.9 Å². The Morgan fingerprint density at radius 1 is 1.23 bits per heavy atom. The first kappa shape index (κ1) is 16.6. The Hall–Kier alpha value is -1.75. The highest BCUT2D eigenvalue weighted by Crippen LogP contribution is 2.40. The molecule has 0 saturated carbocycles. The highest BCUT2D eigenvalue weighted by molar-refractivity contribution is 7.99. The Balaban J connectivity index is 2.16. The summed E-state index contributed by atoms with van der Waals surface area (Å²) in [4.78, 5) is 24.6. The lowest BCUT2D eigenvalue weighted by atomic mass is 10.1. The number of nitrogens with one attached hydrogen (secondary N) is 1. The summed E-state index contributed by atoms with van der Waals surface area (Å²) in [6.07, 6.45) is 1.87. The third-order valence-corrected chi connectivity index (χ3v) is 4.71. The summed E-state index contributed by atoms with van der Waals surface area (Å²) in [7, 11) is 1.86. The van der Waals surface area contributed by atoms with Crippen LogP contribution in [-0.2, 0) is 0 Å². The van der Waals surface area contributed by atoms with Crippen LogP contribution in [0.2, 0.25) is 0 Å². The van der Waals surface area contributed by atoms with Crippen molar-refractivity contribution in [3.63, 3.8) is 0 Å². The van der Waals surface area contributed by atoms with Gasteiger partial charge in [0.2, 0.25) is 5.43 Å². The molecular weight excluding hydrogens is 298 g/mol. The van der Waals surface area contributed by atoms with E-state index in [2.05, 4.69) is 12.2 Å². The Morgan fingerprint density at radius 2 is 1.95 bits per heavy atom. The zero-order chi connectivity index (χ0) is 16.1. The Morgan fingerprint density at radius 3 is 2.64 bits per heavy atom.